The molecule has 30 heavy (non-hydrogen) atoms. The average molecular weight is 465 g/mol. The molecule has 3 aromatic rings. The first-order chi connectivity index (χ1) is 14.7. The summed E-state index contributed by atoms with van der Waals surface area (Å²) in [4.78, 5) is 0. The zero-order valence-corrected chi connectivity index (χ0v) is 18.3. The number of halogens is 1. The largest absolute Gasteiger partial charge is 0.497 e. The lowest BCUT2D eigenvalue weighted by molar-refractivity contribution is -0.0191. The Balaban J connectivity index is 1.58. The fraction of sp³-hybridized carbons (Fsp3) is 0.208. The Morgan fingerprint density at radius 2 is 1.77 bits per heavy atom. The molecule has 0 aliphatic carbocycles. The van der Waals surface area contributed by atoms with Gasteiger partial charge in [-0.05, 0) is 60.2 Å². The van der Waals surface area contributed by atoms with E-state index in [9.17, 15) is 0 Å². The standard InChI is InChI=1S/C24H21BrN2O3/c1-28-18-9-6-15(7-10-18)21-14-22-20-13-17(25)8-11-23(20)30-24(27(22)26-21)16-4-3-5-19(12-16)29-2/h3-13,22,24H,14H2,1-2H3. The number of hydrazone groups is 1. The van der Waals surface area contributed by atoms with Crippen molar-refractivity contribution in [1.29, 1.82) is 0 Å². The maximum absolute atomic E-state index is 6.43. The van der Waals surface area contributed by atoms with Gasteiger partial charge in [-0.25, -0.2) is 5.01 Å². The van der Waals surface area contributed by atoms with Crippen LogP contribution in [0, 0.1) is 0 Å². The Morgan fingerprint density at radius 3 is 2.53 bits per heavy atom. The highest BCUT2D eigenvalue weighted by Crippen LogP contribution is 2.48. The molecule has 5 nitrogen and oxygen atoms in total. The Kier molecular flexibility index (Phi) is 4.87. The van der Waals surface area contributed by atoms with Crippen molar-refractivity contribution in [2.24, 2.45) is 5.10 Å². The van der Waals surface area contributed by atoms with Crippen LogP contribution in [0.25, 0.3) is 0 Å². The van der Waals surface area contributed by atoms with E-state index >= 15 is 0 Å². The second-order valence-corrected chi connectivity index (χ2v) is 8.22. The quantitative estimate of drug-likeness (QED) is 0.495. The first-order valence-electron chi connectivity index (χ1n) is 9.76. The molecule has 0 saturated carbocycles. The molecule has 152 valence electrons. The highest BCUT2D eigenvalue weighted by molar-refractivity contribution is 9.10. The van der Waals surface area contributed by atoms with Gasteiger partial charge in [-0.1, -0.05) is 28.1 Å². The third-order valence-electron chi connectivity index (χ3n) is 5.55. The van der Waals surface area contributed by atoms with Gasteiger partial charge in [-0.3, -0.25) is 0 Å². The summed E-state index contributed by atoms with van der Waals surface area (Å²) in [5.41, 5.74) is 4.27. The van der Waals surface area contributed by atoms with Crippen molar-refractivity contribution in [3.8, 4) is 17.2 Å². The summed E-state index contributed by atoms with van der Waals surface area (Å²) in [7, 11) is 3.35. The summed E-state index contributed by atoms with van der Waals surface area (Å²) in [6, 6.07) is 22.3. The Labute approximate surface area is 184 Å². The lowest BCUT2D eigenvalue weighted by atomic mass is 9.96. The van der Waals surface area contributed by atoms with E-state index < -0.39 is 0 Å². The third kappa shape index (κ3) is 3.31. The van der Waals surface area contributed by atoms with Gasteiger partial charge in [0.05, 0.1) is 26.0 Å². The highest BCUT2D eigenvalue weighted by Gasteiger charge is 2.41. The van der Waals surface area contributed by atoms with E-state index in [2.05, 4.69) is 45.2 Å². The molecule has 6 heteroatoms. The fourth-order valence-corrected chi connectivity index (χ4v) is 4.41. The van der Waals surface area contributed by atoms with Gasteiger partial charge in [0.15, 0.2) is 0 Å². The highest BCUT2D eigenvalue weighted by atomic mass is 79.9. The van der Waals surface area contributed by atoms with Crippen LogP contribution in [0.4, 0.5) is 0 Å². The van der Waals surface area contributed by atoms with Crippen molar-refractivity contribution in [2.45, 2.75) is 18.7 Å². The summed E-state index contributed by atoms with van der Waals surface area (Å²) in [6.45, 7) is 0. The average Bonchev–Trinajstić information content (AvgIpc) is 3.24. The smallest absolute Gasteiger partial charge is 0.214 e. The van der Waals surface area contributed by atoms with Gasteiger partial charge in [0.25, 0.3) is 0 Å². The third-order valence-corrected chi connectivity index (χ3v) is 6.05. The second kappa shape index (κ2) is 7.69. The molecule has 2 heterocycles. The zero-order valence-electron chi connectivity index (χ0n) is 16.7. The van der Waals surface area contributed by atoms with Crippen LogP contribution in [0.15, 0.2) is 76.3 Å². The first-order valence-corrected chi connectivity index (χ1v) is 10.6. The van der Waals surface area contributed by atoms with Crippen LogP contribution in [-0.2, 0) is 0 Å². The number of hydrogen-bond acceptors (Lipinski definition) is 5. The predicted octanol–water partition coefficient (Wildman–Crippen LogP) is 5.71. The monoisotopic (exact) mass is 464 g/mol. The summed E-state index contributed by atoms with van der Waals surface area (Å²) < 4.78 is 18.2. The van der Waals surface area contributed by atoms with Crippen molar-refractivity contribution >= 4 is 21.6 Å². The molecular weight excluding hydrogens is 444 g/mol. The lowest BCUT2D eigenvalue weighted by Crippen LogP contribution is -2.33. The molecule has 0 spiro atoms. The number of rotatable bonds is 4. The predicted molar refractivity (Wildman–Crippen MR) is 119 cm³/mol. The summed E-state index contributed by atoms with van der Waals surface area (Å²) in [5, 5.41) is 7.08. The second-order valence-electron chi connectivity index (χ2n) is 7.30. The van der Waals surface area contributed by atoms with Gasteiger partial charge < -0.3 is 14.2 Å². The Hall–Kier alpha value is -2.99. The Bertz CT molecular complexity index is 1110. The fourth-order valence-electron chi connectivity index (χ4n) is 4.03. The van der Waals surface area contributed by atoms with Crippen molar-refractivity contribution in [3.63, 3.8) is 0 Å². The van der Waals surface area contributed by atoms with Crippen LogP contribution in [0.2, 0.25) is 0 Å². The topological polar surface area (TPSA) is 43.3 Å². The minimum atomic E-state index is -0.325. The number of methoxy groups -OCH3 is 2. The molecule has 0 fully saturated rings. The minimum absolute atomic E-state index is 0.0968. The Morgan fingerprint density at radius 1 is 0.967 bits per heavy atom. The van der Waals surface area contributed by atoms with E-state index in [0.29, 0.717) is 0 Å². The molecule has 0 aromatic heterocycles. The zero-order chi connectivity index (χ0) is 20.7. The molecule has 0 amide bonds. The number of ether oxygens (including phenoxy) is 3. The molecule has 2 aliphatic rings. The molecule has 0 radical (unpaired) electrons. The van der Waals surface area contributed by atoms with Crippen LogP contribution in [0.3, 0.4) is 0 Å². The van der Waals surface area contributed by atoms with E-state index in [1.54, 1.807) is 14.2 Å². The van der Waals surface area contributed by atoms with Gasteiger partial charge in [0, 0.05) is 22.0 Å². The number of benzene rings is 3. The van der Waals surface area contributed by atoms with Crippen LogP contribution < -0.4 is 14.2 Å². The van der Waals surface area contributed by atoms with E-state index in [0.717, 1.165) is 50.5 Å². The van der Waals surface area contributed by atoms with Gasteiger partial charge in [-0.15, -0.1) is 0 Å². The van der Waals surface area contributed by atoms with Gasteiger partial charge in [-0.2, -0.15) is 5.10 Å². The number of nitrogens with zero attached hydrogens (tertiary/aromatic N) is 2. The lowest BCUT2D eigenvalue weighted by Gasteiger charge is -2.38. The molecule has 3 aromatic carbocycles. The molecular formula is C24H21BrN2O3. The van der Waals surface area contributed by atoms with Crippen LogP contribution >= 0.6 is 15.9 Å². The number of fused-ring (bicyclic) bond motifs is 3. The molecule has 2 atom stereocenters. The maximum Gasteiger partial charge on any atom is 0.214 e. The van der Waals surface area contributed by atoms with Crippen LogP contribution in [0.5, 0.6) is 17.2 Å². The number of hydrogen-bond donors (Lipinski definition) is 0. The van der Waals surface area contributed by atoms with E-state index in [-0.39, 0.29) is 12.3 Å². The van der Waals surface area contributed by atoms with Crippen LogP contribution in [-0.4, -0.2) is 24.9 Å². The first kappa shape index (κ1) is 19.0. The normalized spacial score (nSPS) is 19.4. The minimum Gasteiger partial charge on any atom is -0.497 e. The van der Waals surface area contributed by atoms with Crippen molar-refractivity contribution in [1.82, 2.24) is 5.01 Å². The van der Waals surface area contributed by atoms with Gasteiger partial charge in [0.1, 0.15) is 17.2 Å². The summed E-state index contributed by atoms with van der Waals surface area (Å²) >= 11 is 3.60. The molecule has 0 saturated heterocycles. The molecule has 2 unspecified atom stereocenters. The molecule has 2 aliphatic heterocycles. The van der Waals surface area contributed by atoms with E-state index in [1.807, 2.05) is 42.5 Å². The van der Waals surface area contributed by atoms with E-state index in [1.165, 1.54) is 0 Å². The summed E-state index contributed by atoms with van der Waals surface area (Å²) in [6.07, 6.45) is 0.481. The SMILES string of the molecule is COc1ccc(C2=NN3C(C2)c2cc(Br)ccc2OC3c2cccc(OC)c2)cc1. The van der Waals surface area contributed by atoms with Gasteiger partial charge in [0.2, 0.25) is 6.23 Å². The van der Waals surface area contributed by atoms with Crippen LogP contribution in [0.1, 0.15) is 35.4 Å². The molecule has 0 N–H and O–H groups in total. The van der Waals surface area contributed by atoms with Crippen molar-refractivity contribution in [3.05, 3.63) is 87.9 Å². The summed E-state index contributed by atoms with van der Waals surface area (Å²) in [5.74, 6) is 2.52. The van der Waals surface area contributed by atoms with E-state index in [4.69, 9.17) is 19.3 Å². The molecule has 0 bridgehead atoms. The maximum atomic E-state index is 6.43. The van der Waals surface area contributed by atoms with Crippen molar-refractivity contribution in [2.75, 3.05) is 14.2 Å². The van der Waals surface area contributed by atoms with Gasteiger partial charge >= 0.3 is 0 Å². The molecule has 5 rings (SSSR count). The van der Waals surface area contributed by atoms with Crippen molar-refractivity contribution < 1.29 is 14.2 Å².